The van der Waals surface area contributed by atoms with Gasteiger partial charge in [0.25, 0.3) is 0 Å². The lowest BCUT2D eigenvalue weighted by Gasteiger charge is -2.12. The highest BCUT2D eigenvalue weighted by molar-refractivity contribution is 7.99. The van der Waals surface area contributed by atoms with Crippen molar-refractivity contribution in [2.45, 2.75) is 18.3 Å². The van der Waals surface area contributed by atoms with Crippen LogP contribution in [0.25, 0.3) is 0 Å². The standard InChI is InChI=1S/C22H22ClFN4O4S/c1-4-9-28-20(12-32-15-5-7-17(24)16(23)10-15)26-27-22(28)33-13-21(29)25-18-11-14(30-2)6-8-19(18)31-3/h4-8,10-11H,1,9,12-13H2,2-3H3,(H,25,29). The van der Waals surface area contributed by atoms with Gasteiger partial charge in [0.2, 0.25) is 5.91 Å². The lowest BCUT2D eigenvalue weighted by molar-refractivity contribution is -0.113. The van der Waals surface area contributed by atoms with Gasteiger partial charge < -0.3 is 19.5 Å². The Morgan fingerprint density at radius 3 is 2.70 bits per heavy atom. The molecule has 2 aromatic carbocycles. The number of carbonyl (C=O) groups excluding carboxylic acids is 1. The molecule has 0 saturated carbocycles. The zero-order valence-corrected chi connectivity index (χ0v) is 19.6. The number of carbonyl (C=O) groups is 1. The van der Waals surface area contributed by atoms with Crippen molar-refractivity contribution in [2.24, 2.45) is 0 Å². The Morgan fingerprint density at radius 1 is 1.21 bits per heavy atom. The van der Waals surface area contributed by atoms with Gasteiger partial charge >= 0.3 is 0 Å². The number of nitrogens with one attached hydrogen (secondary N) is 1. The van der Waals surface area contributed by atoms with Gasteiger partial charge in [-0.2, -0.15) is 0 Å². The van der Waals surface area contributed by atoms with Gasteiger partial charge in [0.15, 0.2) is 11.0 Å². The van der Waals surface area contributed by atoms with Gasteiger partial charge in [-0.1, -0.05) is 29.4 Å². The molecule has 1 N–H and O–H groups in total. The van der Waals surface area contributed by atoms with Crippen molar-refractivity contribution in [3.63, 3.8) is 0 Å². The molecule has 1 heterocycles. The highest BCUT2D eigenvalue weighted by Gasteiger charge is 2.16. The van der Waals surface area contributed by atoms with Crippen LogP contribution in [0.4, 0.5) is 10.1 Å². The molecule has 3 aromatic rings. The number of benzene rings is 2. The van der Waals surface area contributed by atoms with Gasteiger partial charge in [-0.15, -0.1) is 16.8 Å². The monoisotopic (exact) mass is 492 g/mol. The fourth-order valence-corrected chi connectivity index (χ4v) is 3.72. The van der Waals surface area contributed by atoms with Crippen molar-refractivity contribution in [3.05, 3.63) is 65.7 Å². The summed E-state index contributed by atoms with van der Waals surface area (Å²) in [4.78, 5) is 12.5. The third-order valence-electron chi connectivity index (χ3n) is 4.38. The Hall–Kier alpha value is -3.24. The van der Waals surface area contributed by atoms with E-state index in [0.717, 1.165) is 0 Å². The molecule has 0 aliphatic carbocycles. The summed E-state index contributed by atoms with van der Waals surface area (Å²) in [7, 11) is 3.06. The highest BCUT2D eigenvalue weighted by atomic mass is 35.5. The summed E-state index contributed by atoms with van der Waals surface area (Å²) in [6.07, 6.45) is 1.69. The number of anilines is 1. The van der Waals surface area contributed by atoms with Crippen molar-refractivity contribution in [3.8, 4) is 17.2 Å². The molecule has 0 fully saturated rings. The first-order valence-corrected chi connectivity index (χ1v) is 11.1. The smallest absolute Gasteiger partial charge is 0.234 e. The zero-order chi connectivity index (χ0) is 23.8. The SMILES string of the molecule is C=CCn1c(COc2ccc(F)c(Cl)c2)nnc1SCC(=O)Nc1cc(OC)ccc1OC. The molecule has 0 atom stereocenters. The van der Waals surface area contributed by atoms with Gasteiger partial charge in [-0.25, -0.2) is 4.39 Å². The fourth-order valence-electron chi connectivity index (χ4n) is 2.79. The summed E-state index contributed by atoms with van der Waals surface area (Å²) >= 11 is 7.00. The second-order valence-corrected chi connectivity index (χ2v) is 7.92. The van der Waals surface area contributed by atoms with Gasteiger partial charge in [0.05, 0.1) is 30.7 Å². The molecular formula is C22H22ClFN4O4S. The number of nitrogens with zero attached hydrogens (tertiary/aromatic N) is 3. The summed E-state index contributed by atoms with van der Waals surface area (Å²) in [6.45, 7) is 4.25. The van der Waals surface area contributed by atoms with Gasteiger partial charge in [0.1, 0.15) is 29.7 Å². The number of hydrogen-bond acceptors (Lipinski definition) is 7. The van der Waals surface area contributed by atoms with Crippen LogP contribution in [0, 0.1) is 5.82 Å². The van der Waals surface area contributed by atoms with Crippen LogP contribution in [-0.2, 0) is 17.9 Å². The van der Waals surface area contributed by atoms with Crippen molar-refractivity contribution < 1.29 is 23.4 Å². The molecule has 0 bridgehead atoms. The predicted molar refractivity (Wildman–Crippen MR) is 125 cm³/mol. The van der Waals surface area contributed by atoms with E-state index < -0.39 is 5.82 Å². The van der Waals surface area contributed by atoms with Crippen LogP contribution in [0.15, 0.2) is 54.2 Å². The molecule has 0 aliphatic heterocycles. The normalized spacial score (nSPS) is 10.5. The first-order chi connectivity index (χ1) is 15.9. The Kier molecular flexibility index (Phi) is 8.56. The maximum absolute atomic E-state index is 13.3. The van der Waals surface area contributed by atoms with E-state index in [1.807, 2.05) is 0 Å². The predicted octanol–water partition coefficient (Wildman–Crippen LogP) is 4.58. The molecule has 0 radical (unpaired) electrons. The summed E-state index contributed by atoms with van der Waals surface area (Å²) < 4.78 is 31.2. The van der Waals surface area contributed by atoms with Crippen LogP contribution in [0.5, 0.6) is 17.2 Å². The van der Waals surface area contributed by atoms with E-state index in [9.17, 15) is 9.18 Å². The molecule has 0 saturated heterocycles. The van der Waals surface area contributed by atoms with Crippen molar-refractivity contribution in [2.75, 3.05) is 25.3 Å². The fraction of sp³-hybridized carbons (Fsp3) is 0.227. The van der Waals surface area contributed by atoms with E-state index in [0.29, 0.717) is 40.5 Å². The van der Waals surface area contributed by atoms with Crippen LogP contribution < -0.4 is 19.5 Å². The minimum atomic E-state index is -0.526. The maximum atomic E-state index is 13.3. The van der Waals surface area contributed by atoms with Crippen LogP contribution >= 0.6 is 23.4 Å². The lowest BCUT2D eigenvalue weighted by atomic mass is 10.2. The third-order valence-corrected chi connectivity index (χ3v) is 5.63. The molecule has 0 aliphatic rings. The van der Waals surface area contributed by atoms with E-state index in [-0.39, 0.29) is 23.3 Å². The summed E-state index contributed by atoms with van der Waals surface area (Å²) in [6, 6.07) is 9.22. The average Bonchev–Trinajstić information content (AvgIpc) is 3.20. The van der Waals surface area contributed by atoms with Crippen molar-refractivity contribution in [1.29, 1.82) is 0 Å². The lowest BCUT2D eigenvalue weighted by Crippen LogP contribution is -2.15. The second kappa shape index (κ2) is 11.6. The quantitative estimate of drug-likeness (QED) is 0.309. The number of methoxy groups -OCH3 is 2. The Bertz CT molecular complexity index is 1140. The number of halogens is 2. The highest BCUT2D eigenvalue weighted by Crippen LogP contribution is 2.29. The number of thioether (sulfide) groups is 1. The number of amides is 1. The van der Waals surface area contributed by atoms with Gasteiger partial charge in [-0.3, -0.25) is 9.36 Å². The molecule has 8 nitrogen and oxygen atoms in total. The van der Waals surface area contributed by atoms with E-state index in [1.54, 1.807) is 36.0 Å². The molecule has 174 valence electrons. The third kappa shape index (κ3) is 6.39. The molecule has 0 unspecified atom stereocenters. The van der Waals surface area contributed by atoms with Crippen molar-refractivity contribution >= 4 is 35.0 Å². The molecule has 11 heteroatoms. The Morgan fingerprint density at radius 2 is 2.00 bits per heavy atom. The van der Waals surface area contributed by atoms with Crippen molar-refractivity contribution in [1.82, 2.24) is 14.8 Å². The molecule has 1 aromatic heterocycles. The van der Waals surface area contributed by atoms with E-state index in [1.165, 1.54) is 37.1 Å². The van der Waals surface area contributed by atoms with Crippen LogP contribution in [0.1, 0.15) is 5.82 Å². The maximum Gasteiger partial charge on any atom is 0.234 e. The van der Waals surface area contributed by atoms with Crippen LogP contribution in [0.3, 0.4) is 0 Å². The minimum Gasteiger partial charge on any atom is -0.497 e. The molecule has 1 amide bonds. The largest absolute Gasteiger partial charge is 0.497 e. The summed E-state index contributed by atoms with van der Waals surface area (Å²) in [5.74, 6) is 1.34. The second-order valence-electron chi connectivity index (χ2n) is 6.57. The Labute approximate surface area is 199 Å². The average molecular weight is 493 g/mol. The van der Waals surface area contributed by atoms with Gasteiger partial charge in [0, 0.05) is 18.7 Å². The zero-order valence-electron chi connectivity index (χ0n) is 18.0. The first kappa shape index (κ1) is 24.4. The molecule has 0 spiro atoms. The topological polar surface area (TPSA) is 87.5 Å². The van der Waals surface area contributed by atoms with Crippen LogP contribution in [-0.4, -0.2) is 40.6 Å². The van der Waals surface area contributed by atoms with Gasteiger partial charge in [-0.05, 0) is 24.3 Å². The number of rotatable bonds is 11. The number of allylic oxidation sites excluding steroid dienone is 1. The van der Waals surface area contributed by atoms with E-state index >= 15 is 0 Å². The Balaban J connectivity index is 1.65. The first-order valence-electron chi connectivity index (χ1n) is 9.70. The summed E-state index contributed by atoms with van der Waals surface area (Å²) in [5.41, 5.74) is 0.502. The molecule has 3 rings (SSSR count). The van der Waals surface area contributed by atoms with E-state index in [4.69, 9.17) is 25.8 Å². The molecule has 33 heavy (non-hydrogen) atoms. The van der Waals surface area contributed by atoms with E-state index in [2.05, 4.69) is 22.1 Å². The number of hydrogen-bond donors (Lipinski definition) is 1. The number of aromatic nitrogens is 3. The van der Waals surface area contributed by atoms with Crippen LogP contribution in [0.2, 0.25) is 5.02 Å². The number of ether oxygens (including phenoxy) is 3. The minimum absolute atomic E-state index is 0.0324. The molecular weight excluding hydrogens is 471 g/mol. The summed E-state index contributed by atoms with van der Waals surface area (Å²) in [5, 5.41) is 11.6.